The molecule has 1 saturated heterocycles. The van der Waals surface area contributed by atoms with Crippen LogP contribution >= 0.6 is 0 Å². The lowest BCUT2D eigenvalue weighted by Crippen LogP contribution is -2.31. The molecule has 0 amide bonds. The van der Waals surface area contributed by atoms with Gasteiger partial charge in [-0.25, -0.2) is 4.79 Å². The zero-order valence-electron chi connectivity index (χ0n) is 12.9. The molecule has 1 aromatic rings. The Morgan fingerprint density at radius 2 is 1.70 bits per heavy atom. The highest BCUT2D eigenvalue weighted by Crippen LogP contribution is 2.13. The van der Waals surface area contributed by atoms with Crippen LogP contribution in [0.5, 0.6) is 5.75 Å². The molecular weight excluding hydrogens is 311 g/mol. The van der Waals surface area contributed by atoms with E-state index in [0.29, 0.717) is 0 Å². The number of alkyl halides is 3. The smallest absolute Gasteiger partial charge is 0.490 e. The number of aliphatic carboxylic acids is 1. The fourth-order valence-electron chi connectivity index (χ4n) is 2.18. The first-order valence-corrected chi connectivity index (χ1v) is 7.60. The molecular formula is C16H22F3NO3. The molecule has 7 heteroatoms. The summed E-state index contributed by atoms with van der Waals surface area (Å²) in [6.07, 6.45) is 0.213. The largest absolute Gasteiger partial charge is 0.494 e. The van der Waals surface area contributed by atoms with Crippen molar-refractivity contribution >= 4 is 5.97 Å². The standard InChI is InChI=1S/C14H21NO.C2HF3O2/c1-3-8-14(9-4-1)16-13-7-12-15-10-5-2-6-11-15;3-2(4,5)1(6)7/h1,3-4,8-9H,2,5-7,10-13H2;(H,6,7). The quantitative estimate of drug-likeness (QED) is 0.837. The van der Waals surface area contributed by atoms with Crippen LogP contribution in [0.3, 0.4) is 0 Å². The Hall–Kier alpha value is -1.76. The third-order valence-corrected chi connectivity index (χ3v) is 3.32. The Balaban J connectivity index is 0.000000322. The van der Waals surface area contributed by atoms with Crippen LogP contribution in [0.4, 0.5) is 13.2 Å². The van der Waals surface area contributed by atoms with Gasteiger partial charge >= 0.3 is 12.1 Å². The number of hydrogen-bond acceptors (Lipinski definition) is 3. The number of nitrogens with zero attached hydrogens (tertiary/aromatic N) is 1. The zero-order valence-corrected chi connectivity index (χ0v) is 12.9. The molecule has 0 atom stereocenters. The summed E-state index contributed by atoms with van der Waals surface area (Å²) in [4.78, 5) is 11.4. The van der Waals surface area contributed by atoms with Crippen LogP contribution in [-0.4, -0.2) is 48.4 Å². The fraction of sp³-hybridized carbons (Fsp3) is 0.562. The molecule has 0 aliphatic carbocycles. The summed E-state index contributed by atoms with van der Waals surface area (Å²) in [6, 6.07) is 10.1. The summed E-state index contributed by atoms with van der Waals surface area (Å²) < 4.78 is 37.4. The molecule has 23 heavy (non-hydrogen) atoms. The molecule has 1 fully saturated rings. The molecule has 0 aromatic heterocycles. The molecule has 0 bridgehead atoms. The molecule has 0 radical (unpaired) electrons. The Bertz CT molecular complexity index is 446. The van der Waals surface area contributed by atoms with E-state index < -0.39 is 12.1 Å². The monoisotopic (exact) mass is 333 g/mol. The van der Waals surface area contributed by atoms with Crippen molar-refractivity contribution < 1.29 is 27.8 Å². The van der Waals surface area contributed by atoms with Crippen molar-refractivity contribution in [3.05, 3.63) is 30.3 Å². The lowest BCUT2D eigenvalue weighted by molar-refractivity contribution is -0.192. The SMILES string of the molecule is O=C(O)C(F)(F)F.c1ccc(OCCCN2CCCCC2)cc1. The number of rotatable bonds is 5. The lowest BCUT2D eigenvalue weighted by Gasteiger charge is -2.26. The van der Waals surface area contributed by atoms with Gasteiger partial charge in [0.05, 0.1) is 6.61 Å². The van der Waals surface area contributed by atoms with Gasteiger partial charge in [-0.2, -0.15) is 13.2 Å². The number of benzene rings is 1. The van der Waals surface area contributed by atoms with E-state index in [2.05, 4.69) is 4.90 Å². The van der Waals surface area contributed by atoms with Gasteiger partial charge in [0.25, 0.3) is 0 Å². The maximum absolute atomic E-state index is 10.6. The van der Waals surface area contributed by atoms with E-state index in [-0.39, 0.29) is 0 Å². The van der Waals surface area contributed by atoms with Gasteiger partial charge in [-0.3, -0.25) is 0 Å². The van der Waals surface area contributed by atoms with Gasteiger partial charge in [0, 0.05) is 6.54 Å². The van der Waals surface area contributed by atoms with Crippen LogP contribution in [0.2, 0.25) is 0 Å². The molecule has 4 nitrogen and oxygen atoms in total. The summed E-state index contributed by atoms with van der Waals surface area (Å²) in [6.45, 7) is 4.59. The summed E-state index contributed by atoms with van der Waals surface area (Å²) >= 11 is 0. The number of carboxylic acids is 1. The number of carboxylic acid groups (broad SMARTS) is 1. The first-order valence-electron chi connectivity index (χ1n) is 7.60. The highest BCUT2D eigenvalue weighted by Gasteiger charge is 2.38. The molecule has 2 rings (SSSR count). The minimum Gasteiger partial charge on any atom is -0.494 e. The molecule has 130 valence electrons. The van der Waals surface area contributed by atoms with Gasteiger partial charge in [0.1, 0.15) is 5.75 Å². The van der Waals surface area contributed by atoms with E-state index in [1.807, 2.05) is 30.3 Å². The number of carbonyl (C=O) groups is 1. The van der Waals surface area contributed by atoms with Crippen LogP contribution < -0.4 is 4.74 Å². The number of hydrogen-bond donors (Lipinski definition) is 1. The van der Waals surface area contributed by atoms with E-state index >= 15 is 0 Å². The van der Waals surface area contributed by atoms with Crippen molar-refractivity contribution in [1.29, 1.82) is 0 Å². The molecule has 1 heterocycles. The Kier molecular flexibility index (Phi) is 8.47. The third kappa shape index (κ3) is 9.07. The molecule has 1 aliphatic rings. The van der Waals surface area contributed by atoms with Crippen LogP contribution in [0.1, 0.15) is 25.7 Å². The molecule has 1 N–H and O–H groups in total. The second-order valence-corrected chi connectivity index (χ2v) is 5.22. The third-order valence-electron chi connectivity index (χ3n) is 3.32. The second-order valence-electron chi connectivity index (χ2n) is 5.22. The normalized spacial score (nSPS) is 15.4. The van der Waals surface area contributed by atoms with Crippen LogP contribution in [0.25, 0.3) is 0 Å². The van der Waals surface area contributed by atoms with Crippen LogP contribution in [-0.2, 0) is 4.79 Å². The van der Waals surface area contributed by atoms with Gasteiger partial charge in [-0.1, -0.05) is 24.6 Å². The first kappa shape index (κ1) is 19.3. The van der Waals surface area contributed by atoms with Crippen molar-refractivity contribution in [2.45, 2.75) is 31.9 Å². The highest BCUT2D eigenvalue weighted by molar-refractivity contribution is 5.73. The molecule has 0 unspecified atom stereocenters. The van der Waals surface area contributed by atoms with E-state index in [1.165, 1.54) is 38.9 Å². The summed E-state index contributed by atoms with van der Waals surface area (Å²) in [5.74, 6) is -1.77. The molecule has 0 saturated carbocycles. The Morgan fingerprint density at radius 1 is 1.13 bits per heavy atom. The minimum atomic E-state index is -5.08. The number of ether oxygens (including phenoxy) is 1. The molecule has 1 aromatic carbocycles. The topological polar surface area (TPSA) is 49.8 Å². The second kappa shape index (κ2) is 10.1. The number of para-hydroxylation sites is 1. The highest BCUT2D eigenvalue weighted by atomic mass is 19.4. The lowest BCUT2D eigenvalue weighted by atomic mass is 10.1. The summed E-state index contributed by atoms with van der Waals surface area (Å²) in [5, 5.41) is 7.12. The van der Waals surface area contributed by atoms with Gasteiger partial charge in [-0.15, -0.1) is 0 Å². The van der Waals surface area contributed by atoms with E-state index in [4.69, 9.17) is 14.6 Å². The summed E-state index contributed by atoms with van der Waals surface area (Å²) in [5.41, 5.74) is 0. The Morgan fingerprint density at radius 3 is 2.22 bits per heavy atom. The van der Waals surface area contributed by atoms with Crippen molar-refractivity contribution in [3.63, 3.8) is 0 Å². The minimum absolute atomic E-state index is 0.834. The van der Waals surface area contributed by atoms with Crippen LogP contribution in [0.15, 0.2) is 30.3 Å². The predicted molar refractivity (Wildman–Crippen MR) is 80.5 cm³/mol. The molecule has 0 spiro atoms. The number of likely N-dealkylation sites (tertiary alicyclic amines) is 1. The van der Waals surface area contributed by atoms with Crippen molar-refractivity contribution in [1.82, 2.24) is 4.90 Å². The maximum atomic E-state index is 10.6. The van der Waals surface area contributed by atoms with E-state index in [0.717, 1.165) is 18.8 Å². The van der Waals surface area contributed by atoms with Gasteiger partial charge in [0.15, 0.2) is 0 Å². The number of piperidine rings is 1. The van der Waals surface area contributed by atoms with Gasteiger partial charge in [0.2, 0.25) is 0 Å². The van der Waals surface area contributed by atoms with Gasteiger partial charge in [-0.05, 0) is 44.5 Å². The van der Waals surface area contributed by atoms with Crippen molar-refractivity contribution in [3.8, 4) is 5.75 Å². The zero-order chi connectivity index (χ0) is 17.1. The number of halogens is 3. The molecule has 1 aliphatic heterocycles. The fourth-order valence-corrected chi connectivity index (χ4v) is 2.18. The van der Waals surface area contributed by atoms with E-state index in [1.54, 1.807) is 0 Å². The van der Waals surface area contributed by atoms with Gasteiger partial charge < -0.3 is 14.7 Å². The van der Waals surface area contributed by atoms with E-state index in [9.17, 15) is 13.2 Å². The van der Waals surface area contributed by atoms with Crippen molar-refractivity contribution in [2.24, 2.45) is 0 Å². The van der Waals surface area contributed by atoms with Crippen LogP contribution in [0, 0.1) is 0 Å². The predicted octanol–water partition coefficient (Wildman–Crippen LogP) is 3.57. The summed E-state index contributed by atoms with van der Waals surface area (Å²) in [7, 11) is 0. The first-order chi connectivity index (χ1) is 10.9. The average molecular weight is 333 g/mol. The Labute approximate surface area is 133 Å². The van der Waals surface area contributed by atoms with Crippen molar-refractivity contribution in [2.75, 3.05) is 26.2 Å². The maximum Gasteiger partial charge on any atom is 0.490 e. The average Bonchev–Trinajstić information content (AvgIpc) is 2.53.